The van der Waals surface area contributed by atoms with E-state index in [1.807, 2.05) is 24.3 Å². The molecule has 11 heteroatoms. The number of carbonyl (C=O) groups is 1. The number of tetrazole rings is 1. The number of carbonyl (C=O) groups excluding carboxylic acids is 1. The van der Waals surface area contributed by atoms with Crippen LogP contribution in [0.2, 0.25) is 5.02 Å². The standard InChI is InChI=1S/C26H20ClN7O3/c1-15(35)37-20-4-2-3-16(10-20)22-13-28-26(30-22)24-8-6-19-9-17(11-25(36)34(19)24)21-12-18(27)5-7-23(21)33-14-29-31-32-33/h2-5,7,9-14,24H,6,8H2,1H3,(H,28,30)/t24-/m0/s1. The number of esters is 1. The maximum absolute atomic E-state index is 13.4. The van der Waals surface area contributed by atoms with Gasteiger partial charge in [-0.3, -0.25) is 9.59 Å². The third-order valence-electron chi connectivity index (χ3n) is 6.32. The molecule has 1 aliphatic heterocycles. The Hall–Kier alpha value is -4.57. The number of rotatable bonds is 5. The molecule has 37 heavy (non-hydrogen) atoms. The maximum Gasteiger partial charge on any atom is 0.308 e. The molecule has 0 unspecified atom stereocenters. The normalized spacial score (nSPS) is 14.5. The molecule has 10 nitrogen and oxygen atoms in total. The number of pyridine rings is 1. The highest BCUT2D eigenvalue weighted by atomic mass is 35.5. The largest absolute Gasteiger partial charge is 0.427 e. The summed E-state index contributed by atoms with van der Waals surface area (Å²) in [6.45, 7) is 1.36. The number of nitrogens with zero attached hydrogens (tertiary/aromatic N) is 6. The molecule has 0 fully saturated rings. The Kier molecular flexibility index (Phi) is 5.65. The molecule has 0 bridgehead atoms. The first-order chi connectivity index (χ1) is 18.0. The number of aromatic amines is 1. The Labute approximate surface area is 215 Å². The van der Waals surface area contributed by atoms with Crippen LogP contribution in [0, 0.1) is 0 Å². The van der Waals surface area contributed by atoms with Crippen molar-refractivity contribution in [2.75, 3.05) is 0 Å². The van der Waals surface area contributed by atoms with Crippen LogP contribution in [-0.2, 0) is 11.2 Å². The van der Waals surface area contributed by atoms with Crippen molar-refractivity contribution in [1.29, 1.82) is 0 Å². The molecule has 0 saturated heterocycles. The van der Waals surface area contributed by atoms with Gasteiger partial charge in [-0.15, -0.1) is 5.10 Å². The second-order valence-corrected chi connectivity index (χ2v) is 9.15. The zero-order chi connectivity index (χ0) is 25.5. The maximum atomic E-state index is 13.4. The fourth-order valence-corrected chi connectivity index (χ4v) is 4.94. The molecule has 0 spiro atoms. The lowest BCUT2D eigenvalue weighted by Gasteiger charge is -2.15. The average molecular weight is 514 g/mol. The molecule has 3 aromatic heterocycles. The quantitative estimate of drug-likeness (QED) is 0.278. The summed E-state index contributed by atoms with van der Waals surface area (Å²) in [6, 6.07) is 16.0. The number of aryl methyl sites for hydroxylation is 1. The second kappa shape index (κ2) is 9.14. The van der Waals surface area contributed by atoms with Crippen LogP contribution in [0.5, 0.6) is 5.75 Å². The number of halogens is 1. The van der Waals surface area contributed by atoms with Crippen molar-refractivity contribution < 1.29 is 9.53 Å². The van der Waals surface area contributed by atoms with Crippen LogP contribution in [0.3, 0.4) is 0 Å². The molecule has 0 aliphatic carbocycles. The number of benzene rings is 2. The van der Waals surface area contributed by atoms with Gasteiger partial charge >= 0.3 is 5.97 Å². The number of hydrogen-bond acceptors (Lipinski definition) is 7. The molecule has 184 valence electrons. The molecular formula is C26H20ClN7O3. The molecule has 2 aromatic carbocycles. The van der Waals surface area contributed by atoms with Crippen LogP contribution in [-0.4, -0.2) is 40.7 Å². The van der Waals surface area contributed by atoms with Gasteiger partial charge in [-0.1, -0.05) is 23.7 Å². The minimum atomic E-state index is -0.383. The van der Waals surface area contributed by atoms with E-state index in [0.717, 1.165) is 40.2 Å². The van der Waals surface area contributed by atoms with Crippen molar-refractivity contribution in [2.24, 2.45) is 0 Å². The number of hydrogen-bond donors (Lipinski definition) is 1. The van der Waals surface area contributed by atoms with Gasteiger partial charge in [-0.25, -0.2) is 4.98 Å². The SMILES string of the molecule is CC(=O)Oc1cccc(-c2cnc([C@@H]3CCc4cc(-c5cc(Cl)ccc5-n5cnnn5)cc(=O)n43)[nH]2)c1. The van der Waals surface area contributed by atoms with Crippen LogP contribution in [0.4, 0.5) is 0 Å². The van der Waals surface area contributed by atoms with E-state index < -0.39 is 0 Å². The van der Waals surface area contributed by atoms with Gasteiger partial charge in [0.05, 0.1) is 23.6 Å². The van der Waals surface area contributed by atoms with Crippen LogP contribution >= 0.6 is 11.6 Å². The van der Waals surface area contributed by atoms with Crippen molar-refractivity contribution in [3.8, 4) is 33.8 Å². The van der Waals surface area contributed by atoms with E-state index in [9.17, 15) is 9.59 Å². The second-order valence-electron chi connectivity index (χ2n) is 8.72. The summed E-state index contributed by atoms with van der Waals surface area (Å²) < 4.78 is 8.52. The summed E-state index contributed by atoms with van der Waals surface area (Å²) in [5.74, 6) is 0.767. The van der Waals surface area contributed by atoms with Gasteiger partial charge in [0.2, 0.25) is 0 Å². The minimum absolute atomic E-state index is 0.132. The molecule has 0 saturated carbocycles. The van der Waals surface area contributed by atoms with Gasteiger partial charge in [-0.2, -0.15) is 4.68 Å². The highest BCUT2D eigenvalue weighted by molar-refractivity contribution is 6.31. The lowest BCUT2D eigenvalue weighted by Crippen LogP contribution is -2.23. The predicted molar refractivity (Wildman–Crippen MR) is 136 cm³/mol. The molecule has 1 N–H and O–H groups in total. The van der Waals surface area contributed by atoms with Crippen LogP contribution in [0.15, 0.2) is 71.9 Å². The summed E-state index contributed by atoms with van der Waals surface area (Å²) in [7, 11) is 0. The Morgan fingerprint density at radius 1 is 1.14 bits per heavy atom. The number of H-pyrrole nitrogens is 1. The van der Waals surface area contributed by atoms with Gasteiger partial charge in [0.1, 0.15) is 17.9 Å². The average Bonchev–Trinajstić information content (AvgIpc) is 3.64. The number of nitrogens with one attached hydrogen (secondary N) is 1. The third kappa shape index (κ3) is 4.31. The molecule has 1 aliphatic rings. The van der Waals surface area contributed by atoms with Gasteiger partial charge in [0, 0.05) is 34.8 Å². The Balaban J connectivity index is 1.35. The lowest BCUT2D eigenvalue weighted by atomic mass is 10.0. The van der Waals surface area contributed by atoms with Crippen LogP contribution in [0.1, 0.15) is 30.9 Å². The first kappa shape index (κ1) is 22.9. The van der Waals surface area contributed by atoms with E-state index >= 15 is 0 Å². The van der Waals surface area contributed by atoms with Crippen LogP contribution in [0.25, 0.3) is 28.1 Å². The zero-order valence-corrected chi connectivity index (χ0v) is 20.4. The van der Waals surface area contributed by atoms with Gasteiger partial charge in [0.15, 0.2) is 0 Å². The number of imidazole rings is 1. The first-order valence-corrected chi connectivity index (χ1v) is 12.0. The van der Waals surface area contributed by atoms with E-state index in [2.05, 4.69) is 25.5 Å². The van der Waals surface area contributed by atoms with E-state index in [4.69, 9.17) is 16.3 Å². The summed E-state index contributed by atoms with van der Waals surface area (Å²) in [5, 5.41) is 12.0. The molecule has 0 amide bonds. The Morgan fingerprint density at radius 2 is 2.03 bits per heavy atom. The highest BCUT2D eigenvalue weighted by Crippen LogP contribution is 2.34. The smallest absolute Gasteiger partial charge is 0.308 e. The zero-order valence-electron chi connectivity index (χ0n) is 19.6. The monoisotopic (exact) mass is 513 g/mol. The fourth-order valence-electron chi connectivity index (χ4n) is 4.77. The van der Waals surface area contributed by atoms with Crippen molar-refractivity contribution >= 4 is 17.6 Å². The summed E-state index contributed by atoms with van der Waals surface area (Å²) in [4.78, 5) is 32.6. The first-order valence-electron chi connectivity index (χ1n) is 11.6. The van der Waals surface area contributed by atoms with Crippen molar-refractivity contribution in [2.45, 2.75) is 25.8 Å². The Bertz CT molecular complexity index is 1690. The molecule has 0 radical (unpaired) electrons. The predicted octanol–water partition coefficient (Wildman–Crippen LogP) is 4.00. The van der Waals surface area contributed by atoms with Gasteiger partial charge in [0.25, 0.3) is 5.56 Å². The summed E-state index contributed by atoms with van der Waals surface area (Å²) in [5.41, 5.74) is 4.60. The molecule has 1 atom stereocenters. The lowest BCUT2D eigenvalue weighted by molar-refractivity contribution is -0.131. The van der Waals surface area contributed by atoms with Gasteiger partial charge in [-0.05, 0) is 65.2 Å². The molecule has 5 aromatic rings. The summed E-state index contributed by atoms with van der Waals surface area (Å²) in [6.07, 6.45) is 4.67. The highest BCUT2D eigenvalue weighted by Gasteiger charge is 2.28. The van der Waals surface area contributed by atoms with E-state index in [-0.39, 0.29) is 17.6 Å². The van der Waals surface area contributed by atoms with E-state index in [1.54, 1.807) is 45.8 Å². The van der Waals surface area contributed by atoms with Crippen molar-refractivity contribution in [3.05, 3.63) is 94.0 Å². The van der Waals surface area contributed by atoms with E-state index in [1.165, 1.54) is 13.3 Å². The van der Waals surface area contributed by atoms with Gasteiger partial charge < -0.3 is 14.3 Å². The van der Waals surface area contributed by atoms with Crippen molar-refractivity contribution in [1.82, 2.24) is 34.7 Å². The fraction of sp³-hybridized carbons (Fsp3) is 0.154. The van der Waals surface area contributed by atoms with E-state index in [0.29, 0.717) is 23.0 Å². The topological polar surface area (TPSA) is 121 Å². The van der Waals surface area contributed by atoms with Crippen LogP contribution < -0.4 is 10.3 Å². The Morgan fingerprint density at radius 3 is 2.84 bits per heavy atom. The number of aromatic nitrogens is 7. The number of fused-ring (bicyclic) bond motifs is 1. The minimum Gasteiger partial charge on any atom is -0.427 e. The number of ether oxygens (including phenoxy) is 1. The molecule has 4 heterocycles. The molecular weight excluding hydrogens is 494 g/mol. The summed E-state index contributed by atoms with van der Waals surface area (Å²) >= 11 is 6.29. The third-order valence-corrected chi connectivity index (χ3v) is 6.55. The molecule has 6 rings (SSSR count). The van der Waals surface area contributed by atoms with Crippen molar-refractivity contribution in [3.63, 3.8) is 0 Å².